The molecule has 12 atom stereocenters. The lowest BCUT2D eigenvalue weighted by Gasteiger charge is -2.41. The average molecular weight is 1320 g/mol. The summed E-state index contributed by atoms with van der Waals surface area (Å²) in [6.45, 7) is 28.2. The summed E-state index contributed by atoms with van der Waals surface area (Å²) in [6, 6.07) is -13.0. The number of aliphatic hydroxyl groups excluding tert-OH is 1. The van der Waals surface area contributed by atoms with Crippen LogP contribution in [0.5, 0.6) is 0 Å². The molecule has 0 bridgehead atoms. The number of carbonyl (C=O) groups is 11. The summed E-state index contributed by atoms with van der Waals surface area (Å²) in [6.07, 6.45) is 2.60. The van der Waals surface area contributed by atoms with Crippen LogP contribution in [0.25, 0.3) is 0 Å². The first kappa shape index (κ1) is 82.8. The Labute approximate surface area is 555 Å². The second-order valence-electron chi connectivity index (χ2n) is 28.0. The number of aliphatic hydroxyl groups is 1. The van der Waals surface area contributed by atoms with Crippen LogP contribution in [0.15, 0.2) is 12.2 Å². The Morgan fingerprint density at radius 1 is 0.516 bits per heavy atom. The third-order valence-electron chi connectivity index (χ3n) is 17.4. The van der Waals surface area contributed by atoms with Crippen LogP contribution in [-0.2, 0) is 67.0 Å². The Bertz CT molecular complexity index is 2520. The molecule has 2 fully saturated rings. The molecule has 532 valence electrons. The lowest BCUT2D eigenvalue weighted by atomic mass is 9.91. The number of hydrogen-bond donors (Lipinski definition) is 5. The molecule has 2 heterocycles. The molecule has 5 N–H and O–H groups in total. The van der Waals surface area contributed by atoms with Crippen molar-refractivity contribution in [3.63, 3.8) is 0 Å². The van der Waals surface area contributed by atoms with E-state index in [2.05, 4.69) is 21.3 Å². The highest BCUT2D eigenvalue weighted by atomic mass is 16.7. The van der Waals surface area contributed by atoms with Gasteiger partial charge in [-0.05, 0) is 93.8 Å². The van der Waals surface area contributed by atoms with E-state index in [0.717, 1.165) is 9.80 Å². The maximum atomic E-state index is 15.3. The summed E-state index contributed by atoms with van der Waals surface area (Å²) in [5, 5.41) is 23.3. The maximum absolute atomic E-state index is 15.3. The van der Waals surface area contributed by atoms with Crippen LogP contribution >= 0.6 is 0 Å². The van der Waals surface area contributed by atoms with E-state index in [4.69, 9.17) is 14.2 Å². The standard InChI is InChI=1S/C67H119N11O15/c1-24-26-27-44(15)57(80)56-61(84)69-46(25-2)62(85)72(17)36-52(79)73(18)48(32-38(3)4)60(83)71-54(42(11)12)66(89)74(19)49(33-39(5)6)59(82)68-45(16)58(81)70-47(37-91-29-28-53-92-30-31-93-53)63(86)75(20)50(34-40(7)8)64(87)76(21)51(35-41(9)10)65(88)77(22)55(43(13)14)67(90)78(56)23/h24,26,38-51,53-57,80H,25,27-37H2,1-23H3,(H,68,82)(H,69,84)(H,70,81)(H,71,83)/b26-24+/t44-,45+,46+,47-,48+,49+,50+,51+,54+,55+,56+,57-/m1/s1. The van der Waals surface area contributed by atoms with E-state index in [-0.39, 0.29) is 69.0 Å². The summed E-state index contributed by atoms with van der Waals surface area (Å²) in [5.74, 6) is -10.3. The first-order chi connectivity index (χ1) is 43.3. The number of ether oxygens (including phenoxy) is 3. The van der Waals surface area contributed by atoms with Crippen LogP contribution in [0.4, 0.5) is 0 Å². The SMILES string of the molecule is C/C=C/C[C@@H](C)[C@@H](O)[C@H]1C(=O)N[C@@H](CC)C(=O)N(C)CC(=O)N(C)[C@@H](CC(C)C)C(=O)N[C@@H](C(C)C)C(=O)N(C)[C@@H](CC(C)C)C(=O)N[C@@H](C)C(=O)N[C@H](COCCC2OCCO2)C(=O)N(C)[C@@H](CC(C)C)C(=O)N(C)[C@@H](CC(C)C)C(=O)N(C)[C@@H](C(C)C)C(=O)N1C. The van der Waals surface area contributed by atoms with E-state index >= 15 is 19.2 Å². The average Bonchev–Trinajstić information content (AvgIpc) is 1.01. The second-order valence-corrected chi connectivity index (χ2v) is 28.0. The summed E-state index contributed by atoms with van der Waals surface area (Å²) in [7, 11) is 9.87. The number of nitrogens with one attached hydrogen (secondary N) is 4. The molecule has 26 nitrogen and oxygen atoms in total. The molecule has 93 heavy (non-hydrogen) atoms. The van der Waals surface area contributed by atoms with Crippen LogP contribution in [0.3, 0.4) is 0 Å². The monoisotopic (exact) mass is 1320 g/mol. The van der Waals surface area contributed by atoms with Crippen LogP contribution in [0.1, 0.15) is 156 Å². The quantitative estimate of drug-likeness (QED) is 0.0865. The predicted octanol–water partition coefficient (Wildman–Crippen LogP) is 3.03. The number of carbonyl (C=O) groups excluding carboxylic acids is 11. The number of likely N-dealkylation sites (N-methyl/N-ethyl adjacent to an activating group) is 7. The molecule has 26 heteroatoms. The van der Waals surface area contributed by atoms with Gasteiger partial charge in [0.2, 0.25) is 65.0 Å². The minimum Gasteiger partial charge on any atom is -0.390 e. The highest BCUT2D eigenvalue weighted by Gasteiger charge is 2.46. The Morgan fingerprint density at radius 3 is 1.45 bits per heavy atom. The topological polar surface area (TPSA) is 306 Å². The normalized spacial score (nSPS) is 26.7. The summed E-state index contributed by atoms with van der Waals surface area (Å²) in [5.41, 5.74) is 0. The van der Waals surface area contributed by atoms with Crippen LogP contribution in [0.2, 0.25) is 0 Å². The van der Waals surface area contributed by atoms with Crippen molar-refractivity contribution in [1.82, 2.24) is 55.6 Å². The van der Waals surface area contributed by atoms with E-state index in [0.29, 0.717) is 26.1 Å². The van der Waals surface area contributed by atoms with E-state index in [9.17, 15) is 38.7 Å². The molecule has 0 unspecified atom stereocenters. The lowest BCUT2D eigenvalue weighted by Crippen LogP contribution is -2.63. The van der Waals surface area contributed by atoms with Crippen molar-refractivity contribution in [1.29, 1.82) is 0 Å². The van der Waals surface area contributed by atoms with Gasteiger partial charge in [-0.25, -0.2) is 0 Å². The maximum Gasteiger partial charge on any atom is 0.247 e. The molecule has 0 saturated carbocycles. The van der Waals surface area contributed by atoms with Gasteiger partial charge in [-0.2, -0.15) is 0 Å². The third-order valence-corrected chi connectivity index (χ3v) is 17.4. The highest BCUT2D eigenvalue weighted by Crippen LogP contribution is 2.26. The van der Waals surface area contributed by atoms with Gasteiger partial charge in [0.15, 0.2) is 6.29 Å². The van der Waals surface area contributed by atoms with Crippen molar-refractivity contribution in [2.75, 3.05) is 82.3 Å². The van der Waals surface area contributed by atoms with Crippen molar-refractivity contribution >= 4 is 65.0 Å². The molecule has 0 aliphatic carbocycles. The number of nitrogens with zero attached hydrogens (tertiary/aromatic N) is 7. The van der Waals surface area contributed by atoms with Crippen LogP contribution in [0, 0.1) is 41.4 Å². The molecule has 2 saturated heterocycles. The molecule has 2 rings (SSSR count). The van der Waals surface area contributed by atoms with Crippen molar-refractivity contribution in [2.24, 2.45) is 41.4 Å². The van der Waals surface area contributed by atoms with Crippen molar-refractivity contribution in [3.8, 4) is 0 Å². The van der Waals surface area contributed by atoms with Crippen LogP contribution < -0.4 is 21.3 Å². The Hall–Kier alpha value is -6.25. The first-order valence-corrected chi connectivity index (χ1v) is 33.4. The molecule has 2 aliphatic heterocycles. The predicted molar refractivity (Wildman–Crippen MR) is 354 cm³/mol. The fourth-order valence-electron chi connectivity index (χ4n) is 11.6. The minimum atomic E-state index is -1.63. The van der Waals surface area contributed by atoms with E-state index in [1.807, 2.05) is 55.4 Å². The molecule has 0 spiro atoms. The molecular weight excluding hydrogens is 1200 g/mol. The lowest BCUT2D eigenvalue weighted by molar-refractivity contribution is -0.157. The second kappa shape index (κ2) is 38.9. The molecule has 0 aromatic carbocycles. The molecule has 11 amide bonds. The fourth-order valence-corrected chi connectivity index (χ4v) is 11.6. The Kier molecular flexibility index (Phi) is 34.7. The van der Waals surface area contributed by atoms with Crippen molar-refractivity contribution in [3.05, 3.63) is 12.2 Å². The van der Waals surface area contributed by atoms with Gasteiger partial charge in [0.25, 0.3) is 0 Å². The van der Waals surface area contributed by atoms with Crippen molar-refractivity contribution in [2.45, 2.75) is 229 Å². The van der Waals surface area contributed by atoms with Gasteiger partial charge in [0, 0.05) is 55.8 Å². The van der Waals surface area contributed by atoms with Gasteiger partial charge in [0.1, 0.15) is 60.4 Å². The smallest absolute Gasteiger partial charge is 0.247 e. The van der Waals surface area contributed by atoms with Gasteiger partial charge in [-0.1, -0.05) is 109 Å². The summed E-state index contributed by atoms with van der Waals surface area (Å²) < 4.78 is 17.2. The Balaban J connectivity index is 3.04. The zero-order valence-electron chi connectivity index (χ0n) is 60.4. The van der Waals surface area contributed by atoms with Gasteiger partial charge >= 0.3 is 0 Å². The van der Waals surface area contributed by atoms with Gasteiger partial charge in [-0.3, -0.25) is 52.7 Å². The van der Waals surface area contributed by atoms with Gasteiger partial charge in [-0.15, -0.1) is 0 Å². The zero-order valence-corrected chi connectivity index (χ0v) is 60.4. The van der Waals surface area contributed by atoms with Crippen molar-refractivity contribution < 1.29 is 72.1 Å². The zero-order chi connectivity index (χ0) is 71.2. The molecule has 0 radical (unpaired) electrons. The molecular formula is C67H119N11O15. The number of amides is 11. The van der Waals surface area contributed by atoms with E-state index in [1.165, 1.54) is 80.8 Å². The molecule has 0 aromatic rings. The fraction of sp³-hybridized carbons (Fsp3) is 0.806. The summed E-state index contributed by atoms with van der Waals surface area (Å²) >= 11 is 0. The third kappa shape index (κ3) is 24.2. The molecule has 0 aromatic heterocycles. The number of hydrogen-bond acceptors (Lipinski definition) is 15. The van der Waals surface area contributed by atoms with Gasteiger partial charge < -0.3 is 74.9 Å². The number of rotatable bonds is 20. The summed E-state index contributed by atoms with van der Waals surface area (Å²) in [4.78, 5) is 171. The van der Waals surface area contributed by atoms with Gasteiger partial charge in [0.05, 0.1) is 39.1 Å². The van der Waals surface area contributed by atoms with E-state index in [1.54, 1.807) is 60.6 Å². The van der Waals surface area contributed by atoms with E-state index < -0.39 is 162 Å². The largest absolute Gasteiger partial charge is 0.390 e. The minimum absolute atomic E-state index is 0.0117. The highest BCUT2D eigenvalue weighted by molar-refractivity contribution is 5.99. The first-order valence-electron chi connectivity index (χ1n) is 33.4. The Morgan fingerprint density at radius 2 is 0.968 bits per heavy atom. The molecule has 2 aliphatic rings. The number of allylic oxidation sites excluding steroid dienone is 2. The van der Waals surface area contributed by atoms with Crippen LogP contribution in [-0.4, -0.2) is 260 Å².